The molecule has 74 heavy (non-hydrogen) atoms. The van der Waals surface area contributed by atoms with Gasteiger partial charge in [0, 0.05) is 6.42 Å². The number of esters is 1. The summed E-state index contributed by atoms with van der Waals surface area (Å²) >= 11 is 0. The number of aliphatic hydroxyl groups excluding tert-OH is 7. The molecule has 0 aromatic rings. The normalized spacial score (nSPS) is 25.2. The van der Waals surface area contributed by atoms with Crippen LogP contribution < -0.4 is 0 Å². The summed E-state index contributed by atoms with van der Waals surface area (Å²) in [5.41, 5.74) is 0. The van der Waals surface area contributed by atoms with Crippen molar-refractivity contribution in [3.8, 4) is 0 Å². The van der Waals surface area contributed by atoms with Crippen LogP contribution in [0.5, 0.6) is 0 Å². The van der Waals surface area contributed by atoms with Crippen molar-refractivity contribution >= 4 is 5.97 Å². The van der Waals surface area contributed by atoms with Gasteiger partial charge in [-0.1, -0.05) is 222 Å². The first-order valence-electron chi connectivity index (χ1n) is 29.4. The molecule has 2 fully saturated rings. The molecule has 0 aromatic heterocycles. The lowest BCUT2D eigenvalue weighted by atomic mass is 9.98. The Bertz CT molecular complexity index is 1450. The predicted octanol–water partition coefficient (Wildman–Crippen LogP) is 10.5. The standard InChI is InChI=1S/C60H106O14/c1-3-5-7-9-11-13-15-17-19-21-22-23-24-25-26-27-28-29-31-33-35-37-39-41-43-52(62)72-49(46-69-44-42-40-38-36-34-32-30-20-18-16-14-12-10-8-6-4-2)47-70-59-58(68)56(66)54(64)51(74-59)48-71-60-57(67)55(65)53(63)50(45-61)73-60/h6,8,12,14,18,20,32,34,38,40,49-51,53-61,63-68H,3-5,7,9-11,13,15-17,19,21-31,33,35-37,39,41-48H2,1-2H3/b8-6-,14-12-,20-18-,34-32-,40-38-. The number of ether oxygens (including phenoxy) is 6. The number of hydrogen-bond donors (Lipinski definition) is 7. The molecule has 0 radical (unpaired) electrons. The van der Waals surface area contributed by atoms with Crippen LogP contribution >= 0.6 is 0 Å². The Labute approximate surface area is 447 Å². The number of carbonyl (C=O) groups is 1. The first-order valence-corrected chi connectivity index (χ1v) is 29.4. The molecule has 2 aliphatic rings. The zero-order chi connectivity index (χ0) is 53.7. The molecule has 0 aliphatic carbocycles. The average molecular weight is 1050 g/mol. The van der Waals surface area contributed by atoms with Gasteiger partial charge in [-0.3, -0.25) is 4.79 Å². The van der Waals surface area contributed by atoms with E-state index >= 15 is 0 Å². The highest BCUT2D eigenvalue weighted by atomic mass is 16.7. The minimum atomic E-state index is -1.72. The van der Waals surface area contributed by atoms with Crippen LogP contribution in [0.1, 0.15) is 213 Å². The SMILES string of the molecule is CC/C=C\C/C=C\C/C=C\C/C=C\C/C=C\CCOCC(COC1OC(COC2OC(CO)C(O)C(O)C2O)C(O)C(O)C1O)OC(=O)CCCCCCCCCCCCCCCCCCCCCCCCCC. The summed E-state index contributed by atoms with van der Waals surface area (Å²) in [5.74, 6) is -0.398. The Kier molecular flexibility index (Phi) is 42.8. The molecule has 0 bridgehead atoms. The molecule has 2 rings (SSSR count). The van der Waals surface area contributed by atoms with E-state index in [0.29, 0.717) is 19.4 Å². The zero-order valence-electron chi connectivity index (χ0n) is 46.1. The third-order valence-corrected chi connectivity index (χ3v) is 13.8. The van der Waals surface area contributed by atoms with Crippen LogP contribution in [0.3, 0.4) is 0 Å². The predicted molar refractivity (Wildman–Crippen MR) is 293 cm³/mol. The topological polar surface area (TPSA) is 214 Å². The summed E-state index contributed by atoms with van der Waals surface area (Å²) in [5, 5.41) is 72.3. The van der Waals surface area contributed by atoms with E-state index in [9.17, 15) is 40.5 Å². The fraction of sp³-hybridized carbons (Fsp3) is 0.817. The largest absolute Gasteiger partial charge is 0.457 e. The fourth-order valence-corrected chi connectivity index (χ4v) is 9.12. The molecule has 430 valence electrons. The van der Waals surface area contributed by atoms with Crippen molar-refractivity contribution in [3.63, 3.8) is 0 Å². The maximum atomic E-state index is 13.1. The van der Waals surface area contributed by atoms with Crippen LogP contribution in [0.4, 0.5) is 0 Å². The summed E-state index contributed by atoms with van der Waals surface area (Å²) in [6.45, 7) is 3.37. The third kappa shape index (κ3) is 33.1. The van der Waals surface area contributed by atoms with Crippen LogP contribution in [0.25, 0.3) is 0 Å². The number of rotatable bonds is 47. The Morgan fingerprint density at radius 2 is 0.851 bits per heavy atom. The number of unbranched alkanes of at least 4 members (excludes halogenated alkanes) is 23. The second-order valence-electron chi connectivity index (χ2n) is 20.4. The van der Waals surface area contributed by atoms with Crippen molar-refractivity contribution in [2.24, 2.45) is 0 Å². The van der Waals surface area contributed by atoms with E-state index in [1.807, 2.05) is 6.08 Å². The Morgan fingerprint density at radius 3 is 1.30 bits per heavy atom. The lowest BCUT2D eigenvalue weighted by molar-refractivity contribution is -0.332. The van der Waals surface area contributed by atoms with Crippen molar-refractivity contribution in [1.29, 1.82) is 0 Å². The van der Waals surface area contributed by atoms with Gasteiger partial charge in [0.1, 0.15) is 54.9 Å². The summed E-state index contributed by atoms with van der Waals surface area (Å²) < 4.78 is 34.2. The maximum Gasteiger partial charge on any atom is 0.306 e. The molecule has 2 aliphatic heterocycles. The average Bonchev–Trinajstić information content (AvgIpc) is 3.40. The number of carbonyl (C=O) groups excluding carboxylic acids is 1. The molecule has 2 heterocycles. The third-order valence-electron chi connectivity index (χ3n) is 13.8. The van der Waals surface area contributed by atoms with Crippen molar-refractivity contribution in [1.82, 2.24) is 0 Å². The molecule has 11 atom stereocenters. The van der Waals surface area contributed by atoms with E-state index in [2.05, 4.69) is 68.5 Å². The molecule has 0 aromatic carbocycles. The minimum Gasteiger partial charge on any atom is -0.457 e. The highest BCUT2D eigenvalue weighted by molar-refractivity contribution is 5.69. The fourth-order valence-electron chi connectivity index (χ4n) is 9.12. The summed E-state index contributed by atoms with van der Waals surface area (Å²) in [7, 11) is 0. The van der Waals surface area contributed by atoms with Gasteiger partial charge in [0.15, 0.2) is 12.6 Å². The first-order chi connectivity index (χ1) is 36.1. The van der Waals surface area contributed by atoms with Crippen LogP contribution in [-0.4, -0.2) is 142 Å². The van der Waals surface area contributed by atoms with Crippen molar-refractivity contribution < 1.29 is 69.0 Å². The van der Waals surface area contributed by atoms with E-state index in [4.69, 9.17) is 28.4 Å². The van der Waals surface area contributed by atoms with E-state index in [1.165, 1.54) is 128 Å². The van der Waals surface area contributed by atoms with Crippen molar-refractivity contribution in [3.05, 3.63) is 60.8 Å². The molecule has 11 unspecified atom stereocenters. The van der Waals surface area contributed by atoms with Crippen LogP contribution in [-0.2, 0) is 33.2 Å². The Morgan fingerprint density at radius 1 is 0.459 bits per heavy atom. The van der Waals surface area contributed by atoms with Gasteiger partial charge in [-0.05, 0) is 44.9 Å². The van der Waals surface area contributed by atoms with Gasteiger partial charge in [-0.15, -0.1) is 0 Å². The summed E-state index contributed by atoms with van der Waals surface area (Å²) in [4.78, 5) is 13.1. The van der Waals surface area contributed by atoms with E-state index in [1.54, 1.807) is 0 Å². The second kappa shape index (κ2) is 46.8. The summed E-state index contributed by atoms with van der Waals surface area (Å²) in [6, 6.07) is 0. The zero-order valence-corrected chi connectivity index (χ0v) is 46.1. The molecule has 7 N–H and O–H groups in total. The van der Waals surface area contributed by atoms with Crippen molar-refractivity contribution in [2.45, 2.75) is 280 Å². The smallest absolute Gasteiger partial charge is 0.306 e. The lowest BCUT2D eigenvalue weighted by Crippen LogP contribution is -2.61. The van der Waals surface area contributed by atoms with Crippen LogP contribution in [0.2, 0.25) is 0 Å². The van der Waals surface area contributed by atoms with Gasteiger partial charge in [0.25, 0.3) is 0 Å². The van der Waals surface area contributed by atoms with Gasteiger partial charge in [0.05, 0.1) is 33.0 Å². The number of aliphatic hydroxyl groups is 7. The molecule has 14 nitrogen and oxygen atoms in total. The van der Waals surface area contributed by atoms with Gasteiger partial charge in [-0.25, -0.2) is 0 Å². The number of allylic oxidation sites excluding steroid dienone is 9. The van der Waals surface area contributed by atoms with Crippen LogP contribution in [0, 0.1) is 0 Å². The Hall–Kier alpha value is -2.31. The molecule has 0 saturated carbocycles. The Balaban J connectivity index is 1.71. The summed E-state index contributed by atoms with van der Waals surface area (Å²) in [6.07, 6.45) is 41.7. The van der Waals surface area contributed by atoms with Crippen molar-refractivity contribution in [2.75, 3.05) is 33.0 Å². The van der Waals surface area contributed by atoms with Gasteiger partial charge in [-0.2, -0.15) is 0 Å². The number of hydrogen-bond acceptors (Lipinski definition) is 14. The maximum absolute atomic E-state index is 13.1. The molecular formula is C60H106O14. The van der Waals surface area contributed by atoms with Gasteiger partial charge in [0.2, 0.25) is 0 Å². The van der Waals surface area contributed by atoms with E-state index < -0.39 is 86.7 Å². The molecule has 0 amide bonds. The second-order valence-corrected chi connectivity index (χ2v) is 20.4. The molecule has 2 saturated heterocycles. The molecular weight excluding hydrogens is 945 g/mol. The minimum absolute atomic E-state index is 0.00747. The molecule has 0 spiro atoms. The van der Waals surface area contributed by atoms with Crippen LogP contribution in [0.15, 0.2) is 60.8 Å². The lowest BCUT2D eigenvalue weighted by Gasteiger charge is -2.42. The quantitative estimate of drug-likeness (QED) is 0.0172. The van der Waals surface area contributed by atoms with Gasteiger partial charge >= 0.3 is 5.97 Å². The highest BCUT2D eigenvalue weighted by Crippen LogP contribution is 2.27. The molecule has 14 heteroatoms. The van der Waals surface area contributed by atoms with Gasteiger partial charge < -0.3 is 64.2 Å². The first kappa shape index (κ1) is 67.8. The van der Waals surface area contributed by atoms with E-state index in [-0.39, 0.29) is 19.6 Å². The highest BCUT2D eigenvalue weighted by Gasteiger charge is 2.47. The monoisotopic (exact) mass is 1050 g/mol. The van der Waals surface area contributed by atoms with E-state index in [0.717, 1.165) is 51.4 Å².